The average Bonchev–Trinajstić information content (AvgIpc) is 3.61. The van der Waals surface area contributed by atoms with Crippen LogP contribution in [0.2, 0.25) is 0 Å². The molecule has 6 heterocycles. The molecule has 0 radical (unpaired) electrons. The second-order valence-electron chi connectivity index (χ2n) is 13.9. The Balaban J connectivity index is 1.27. The highest BCUT2D eigenvalue weighted by atomic mass is 19.1. The zero-order chi connectivity index (χ0) is 33.9. The number of halogens is 3. The zero-order valence-electron chi connectivity index (χ0n) is 27.7. The molecule has 0 saturated carbocycles. The van der Waals surface area contributed by atoms with E-state index < -0.39 is 23.3 Å². The van der Waals surface area contributed by atoms with Crippen molar-refractivity contribution in [2.24, 2.45) is 0 Å². The summed E-state index contributed by atoms with van der Waals surface area (Å²) in [5, 5.41) is 4.66. The summed E-state index contributed by atoms with van der Waals surface area (Å²) in [6.07, 6.45) is 5.18. The van der Waals surface area contributed by atoms with Gasteiger partial charge in [0.2, 0.25) is 5.91 Å². The van der Waals surface area contributed by atoms with Crippen molar-refractivity contribution in [2.45, 2.75) is 69.1 Å². The Morgan fingerprint density at radius 2 is 1.94 bits per heavy atom. The maximum Gasteiger partial charge on any atom is 0.319 e. The van der Waals surface area contributed by atoms with Crippen LogP contribution in [0.3, 0.4) is 0 Å². The molecule has 1 N–H and O–H groups in total. The SMILES string of the molecule is CCc1c(F)ccc2cc(OCOC)cc(-c3ncc4c(N5CCCC6(CC(=O)N6)C5)nc(OC[C@@]56CCCN5C[C@H](F)C6)nc4c3F)c12. The number of carbonyl (C=O) groups is 1. The monoisotopic (exact) mass is 676 g/mol. The Morgan fingerprint density at radius 1 is 1.10 bits per heavy atom. The lowest BCUT2D eigenvalue weighted by Gasteiger charge is -2.49. The number of pyridine rings is 1. The van der Waals surface area contributed by atoms with Crippen molar-refractivity contribution < 1.29 is 32.2 Å². The smallest absolute Gasteiger partial charge is 0.319 e. The number of benzene rings is 2. The number of rotatable bonds is 9. The summed E-state index contributed by atoms with van der Waals surface area (Å²) in [6.45, 7) is 4.31. The summed E-state index contributed by atoms with van der Waals surface area (Å²) in [5.74, 6) is -0.234. The third-order valence-electron chi connectivity index (χ3n) is 10.7. The van der Waals surface area contributed by atoms with Gasteiger partial charge in [-0.2, -0.15) is 9.97 Å². The number of ether oxygens (including phenoxy) is 3. The number of aryl methyl sites for hydroxylation is 1. The Morgan fingerprint density at radius 3 is 2.73 bits per heavy atom. The van der Waals surface area contributed by atoms with Gasteiger partial charge in [-0.1, -0.05) is 13.0 Å². The van der Waals surface area contributed by atoms with E-state index in [1.54, 1.807) is 24.4 Å². The van der Waals surface area contributed by atoms with Gasteiger partial charge in [-0.15, -0.1) is 0 Å². The van der Waals surface area contributed by atoms with Crippen LogP contribution in [-0.2, 0) is 16.0 Å². The van der Waals surface area contributed by atoms with Gasteiger partial charge in [-0.05, 0) is 73.2 Å². The van der Waals surface area contributed by atoms with E-state index in [0.29, 0.717) is 77.7 Å². The first-order chi connectivity index (χ1) is 23.7. The minimum atomic E-state index is -0.929. The van der Waals surface area contributed by atoms with Crippen molar-refractivity contribution in [1.82, 2.24) is 25.2 Å². The van der Waals surface area contributed by atoms with Crippen molar-refractivity contribution in [3.63, 3.8) is 0 Å². The fourth-order valence-corrected chi connectivity index (χ4v) is 8.54. The Kier molecular flexibility index (Phi) is 8.02. The molecule has 13 heteroatoms. The minimum Gasteiger partial charge on any atom is -0.468 e. The Labute approximate surface area is 281 Å². The third kappa shape index (κ3) is 5.51. The molecule has 2 aromatic heterocycles. The number of β-lactam (4-membered cyclic amide) rings is 1. The van der Waals surface area contributed by atoms with E-state index in [0.717, 1.165) is 32.2 Å². The van der Waals surface area contributed by atoms with Crippen LogP contribution >= 0.6 is 0 Å². The molecule has 49 heavy (non-hydrogen) atoms. The van der Waals surface area contributed by atoms with Crippen LogP contribution < -0.4 is 19.7 Å². The molecule has 1 spiro atoms. The van der Waals surface area contributed by atoms with Gasteiger partial charge in [0.05, 0.1) is 22.9 Å². The average molecular weight is 677 g/mol. The third-order valence-corrected chi connectivity index (χ3v) is 10.7. The summed E-state index contributed by atoms with van der Waals surface area (Å²) in [6, 6.07) is 6.44. The summed E-state index contributed by atoms with van der Waals surface area (Å²) < 4.78 is 64.0. The molecule has 4 aromatic rings. The molecule has 2 aromatic carbocycles. The fraction of sp³-hybridized carbons (Fsp3) is 0.500. The molecule has 10 nitrogen and oxygen atoms in total. The van der Waals surface area contributed by atoms with Gasteiger partial charge in [-0.25, -0.2) is 13.2 Å². The molecule has 4 saturated heterocycles. The quantitative estimate of drug-likeness (QED) is 0.182. The summed E-state index contributed by atoms with van der Waals surface area (Å²) >= 11 is 0. The Hall–Kier alpha value is -4.23. The molecule has 8 rings (SSSR count). The van der Waals surface area contributed by atoms with Crippen LogP contribution in [0.4, 0.5) is 19.0 Å². The lowest BCUT2D eigenvalue weighted by molar-refractivity contribution is -0.133. The topological polar surface area (TPSA) is 102 Å². The van der Waals surface area contributed by atoms with Gasteiger partial charge in [0.15, 0.2) is 12.6 Å². The van der Waals surface area contributed by atoms with Gasteiger partial charge >= 0.3 is 6.01 Å². The van der Waals surface area contributed by atoms with Crippen LogP contribution in [0.15, 0.2) is 30.5 Å². The Bertz CT molecular complexity index is 1950. The normalized spacial score (nSPS) is 25.2. The van der Waals surface area contributed by atoms with Crippen molar-refractivity contribution in [2.75, 3.05) is 51.6 Å². The zero-order valence-corrected chi connectivity index (χ0v) is 27.7. The summed E-state index contributed by atoms with van der Waals surface area (Å²) in [5.41, 5.74) is -0.0449. The maximum atomic E-state index is 17.1. The first kappa shape index (κ1) is 32.0. The minimum absolute atomic E-state index is 0.00338. The number of carbonyl (C=O) groups excluding carboxylic acids is 1. The molecular weight excluding hydrogens is 637 g/mol. The maximum absolute atomic E-state index is 17.1. The number of hydrogen-bond acceptors (Lipinski definition) is 9. The molecule has 4 aliphatic rings. The van der Waals surface area contributed by atoms with Crippen molar-refractivity contribution in [3.05, 3.63) is 47.7 Å². The highest BCUT2D eigenvalue weighted by molar-refractivity contribution is 6.02. The molecular formula is C36H39F3N6O4. The van der Waals surface area contributed by atoms with Gasteiger partial charge in [0.1, 0.15) is 41.4 Å². The van der Waals surface area contributed by atoms with E-state index in [-0.39, 0.29) is 42.1 Å². The number of methoxy groups -OCH3 is 1. The van der Waals surface area contributed by atoms with Crippen LogP contribution in [0.25, 0.3) is 32.9 Å². The number of anilines is 1. The summed E-state index contributed by atoms with van der Waals surface area (Å²) in [4.78, 5) is 30.2. The molecule has 0 bridgehead atoms. The van der Waals surface area contributed by atoms with Crippen LogP contribution in [0.1, 0.15) is 51.0 Å². The molecule has 1 unspecified atom stereocenters. The largest absolute Gasteiger partial charge is 0.468 e. The van der Waals surface area contributed by atoms with Crippen LogP contribution in [-0.4, -0.2) is 89.7 Å². The van der Waals surface area contributed by atoms with Gasteiger partial charge in [0, 0.05) is 44.9 Å². The van der Waals surface area contributed by atoms with Crippen LogP contribution in [0.5, 0.6) is 11.8 Å². The molecule has 258 valence electrons. The highest BCUT2D eigenvalue weighted by Crippen LogP contribution is 2.43. The number of aromatic nitrogens is 3. The van der Waals surface area contributed by atoms with Gasteiger partial charge < -0.3 is 24.4 Å². The van der Waals surface area contributed by atoms with Gasteiger partial charge in [0.25, 0.3) is 0 Å². The van der Waals surface area contributed by atoms with E-state index in [1.807, 2.05) is 11.8 Å². The molecule has 4 fully saturated rings. The molecule has 0 aliphatic carbocycles. The number of amides is 1. The summed E-state index contributed by atoms with van der Waals surface area (Å²) in [7, 11) is 1.50. The number of piperidine rings is 1. The van der Waals surface area contributed by atoms with Crippen molar-refractivity contribution >= 4 is 33.4 Å². The standard InChI is InChI=1S/C36H39F3N6O4/c1-3-24-27(38)7-6-21-12-23(49-20-47-2)13-25(29(21)24)31-30(39)32-26(16-40-31)33(44-10-4-8-35(18-44)15-28(46)43-35)42-34(41-32)48-19-36-9-5-11-45(36)17-22(37)14-36/h6-7,12-13,16,22H,3-5,8-11,14-15,17-20H2,1-2H3,(H,43,46)/t22-,35?,36+/m1/s1. The number of nitrogens with zero attached hydrogens (tertiary/aromatic N) is 5. The number of alkyl halides is 1. The molecule has 3 atom stereocenters. The predicted molar refractivity (Wildman–Crippen MR) is 178 cm³/mol. The predicted octanol–water partition coefficient (Wildman–Crippen LogP) is 5.48. The van der Waals surface area contributed by atoms with Crippen LogP contribution in [0, 0.1) is 11.6 Å². The van der Waals surface area contributed by atoms with E-state index >= 15 is 8.78 Å². The van der Waals surface area contributed by atoms with E-state index in [1.165, 1.54) is 13.2 Å². The van der Waals surface area contributed by atoms with Crippen molar-refractivity contribution in [1.29, 1.82) is 0 Å². The highest BCUT2D eigenvalue weighted by Gasteiger charge is 2.50. The molecule has 4 aliphatic heterocycles. The molecule has 1 amide bonds. The van der Waals surface area contributed by atoms with Crippen molar-refractivity contribution in [3.8, 4) is 23.0 Å². The van der Waals surface area contributed by atoms with Gasteiger partial charge in [-0.3, -0.25) is 14.7 Å². The first-order valence-corrected chi connectivity index (χ1v) is 17.0. The number of fused-ring (bicyclic) bond motifs is 3. The number of nitrogens with one attached hydrogen (secondary N) is 1. The lowest BCUT2D eigenvalue weighted by Crippen LogP contribution is -2.68. The second-order valence-corrected chi connectivity index (χ2v) is 13.9. The fourth-order valence-electron chi connectivity index (χ4n) is 8.54. The van der Waals surface area contributed by atoms with E-state index in [9.17, 15) is 9.18 Å². The van der Waals surface area contributed by atoms with E-state index in [4.69, 9.17) is 19.2 Å². The lowest BCUT2D eigenvalue weighted by atomic mass is 9.80. The first-order valence-electron chi connectivity index (χ1n) is 17.0. The number of hydrogen-bond donors (Lipinski definition) is 1. The second kappa shape index (κ2) is 12.3. The van der Waals surface area contributed by atoms with E-state index in [2.05, 4.69) is 20.2 Å².